The maximum absolute atomic E-state index is 11.0. The van der Waals surface area contributed by atoms with E-state index in [4.69, 9.17) is 0 Å². The second-order valence-corrected chi connectivity index (χ2v) is 3.41. The third kappa shape index (κ3) is 3.71. The van der Waals surface area contributed by atoms with Crippen LogP contribution in [0.1, 0.15) is 12.1 Å². The lowest BCUT2D eigenvalue weighted by Gasteiger charge is -2.05. The summed E-state index contributed by atoms with van der Waals surface area (Å²) in [6.45, 7) is 2.01. The van der Waals surface area contributed by atoms with Gasteiger partial charge in [0, 0.05) is 26.1 Å². The van der Waals surface area contributed by atoms with Gasteiger partial charge >= 0.3 is 0 Å². The van der Waals surface area contributed by atoms with Crippen LogP contribution in [0.15, 0.2) is 12.1 Å². The summed E-state index contributed by atoms with van der Waals surface area (Å²) >= 11 is 0. The average Bonchev–Trinajstić information content (AvgIpc) is 2.28. The predicted molar refractivity (Wildman–Crippen MR) is 62.8 cm³/mol. The van der Waals surface area contributed by atoms with Gasteiger partial charge in [-0.05, 0) is 13.0 Å². The van der Waals surface area contributed by atoms with E-state index in [-0.39, 0.29) is 11.6 Å². The summed E-state index contributed by atoms with van der Waals surface area (Å²) in [5.74, 6) is 0.452. The van der Waals surface area contributed by atoms with Gasteiger partial charge in [0.05, 0.1) is 4.92 Å². The number of nitrogens with one attached hydrogen (secondary N) is 2. The van der Waals surface area contributed by atoms with Crippen LogP contribution in [0.2, 0.25) is 0 Å². The minimum Gasteiger partial charge on any atom is -0.370 e. The number of carbonyl (C=O) groups is 1. The first-order chi connectivity index (χ1) is 8.04. The van der Waals surface area contributed by atoms with Gasteiger partial charge < -0.3 is 10.6 Å². The molecule has 0 unspecified atom stereocenters. The molecule has 0 aliphatic carbocycles. The standard InChI is InChI=1S/C10H14N4O3/c1-7-8(14(16)17)3-4-9(13-7)12-6-5-10(15)11-2/h3-4H,5-6H2,1-2H3,(H,11,15)(H,12,13). The van der Waals surface area contributed by atoms with Gasteiger partial charge in [0.15, 0.2) is 0 Å². The fourth-order valence-corrected chi connectivity index (χ4v) is 1.27. The molecule has 0 aliphatic heterocycles. The van der Waals surface area contributed by atoms with Crippen LogP contribution >= 0.6 is 0 Å². The van der Waals surface area contributed by atoms with E-state index >= 15 is 0 Å². The molecule has 0 atom stereocenters. The number of aryl methyl sites for hydroxylation is 1. The van der Waals surface area contributed by atoms with Crippen LogP contribution in [0.3, 0.4) is 0 Å². The number of hydrogen-bond donors (Lipinski definition) is 2. The molecule has 17 heavy (non-hydrogen) atoms. The van der Waals surface area contributed by atoms with Gasteiger partial charge in [0.25, 0.3) is 5.69 Å². The Labute approximate surface area is 98.4 Å². The zero-order valence-electron chi connectivity index (χ0n) is 9.69. The summed E-state index contributed by atoms with van der Waals surface area (Å²) in [5.41, 5.74) is 0.335. The highest BCUT2D eigenvalue weighted by Crippen LogP contribution is 2.17. The maximum Gasteiger partial charge on any atom is 0.290 e. The highest BCUT2D eigenvalue weighted by atomic mass is 16.6. The van der Waals surface area contributed by atoms with Crippen molar-refractivity contribution in [1.29, 1.82) is 0 Å². The molecule has 7 nitrogen and oxygen atoms in total. The Balaban J connectivity index is 2.59. The third-order valence-electron chi connectivity index (χ3n) is 2.19. The van der Waals surface area contributed by atoms with Crippen molar-refractivity contribution in [1.82, 2.24) is 10.3 Å². The lowest BCUT2D eigenvalue weighted by molar-refractivity contribution is -0.385. The first kappa shape index (κ1) is 12.9. The lowest BCUT2D eigenvalue weighted by Crippen LogP contribution is -2.21. The van der Waals surface area contributed by atoms with Gasteiger partial charge in [-0.2, -0.15) is 0 Å². The molecular formula is C10H14N4O3. The van der Waals surface area contributed by atoms with Crippen LogP contribution < -0.4 is 10.6 Å². The van der Waals surface area contributed by atoms with Gasteiger partial charge in [-0.15, -0.1) is 0 Å². The zero-order chi connectivity index (χ0) is 12.8. The third-order valence-corrected chi connectivity index (χ3v) is 2.19. The number of hydrogen-bond acceptors (Lipinski definition) is 5. The van der Waals surface area contributed by atoms with E-state index in [0.717, 1.165) is 0 Å². The van der Waals surface area contributed by atoms with Crippen molar-refractivity contribution < 1.29 is 9.72 Å². The van der Waals surface area contributed by atoms with Crippen molar-refractivity contribution in [2.75, 3.05) is 18.9 Å². The topological polar surface area (TPSA) is 97.2 Å². The number of pyridine rings is 1. The molecule has 1 amide bonds. The lowest BCUT2D eigenvalue weighted by atomic mass is 10.3. The highest BCUT2D eigenvalue weighted by molar-refractivity contribution is 5.76. The first-order valence-corrected chi connectivity index (χ1v) is 5.11. The Hall–Kier alpha value is -2.18. The van der Waals surface area contributed by atoms with Crippen molar-refractivity contribution >= 4 is 17.4 Å². The van der Waals surface area contributed by atoms with E-state index in [1.165, 1.54) is 12.1 Å². The number of nitrogens with zero attached hydrogens (tertiary/aromatic N) is 2. The Morgan fingerprint density at radius 1 is 1.53 bits per heavy atom. The largest absolute Gasteiger partial charge is 0.370 e. The second kappa shape index (κ2) is 5.78. The van der Waals surface area contributed by atoms with E-state index in [9.17, 15) is 14.9 Å². The molecule has 0 spiro atoms. The molecule has 0 saturated carbocycles. The van der Waals surface area contributed by atoms with Crippen LogP contribution in [-0.4, -0.2) is 29.4 Å². The fourth-order valence-electron chi connectivity index (χ4n) is 1.27. The van der Waals surface area contributed by atoms with E-state index in [1.807, 2.05) is 0 Å². The van der Waals surface area contributed by atoms with Gasteiger partial charge in [0.2, 0.25) is 5.91 Å². The minimum absolute atomic E-state index is 0.0122. The number of aromatic nitrogens is 1. The fraction of sp³-hybridized carbons (Fsp3) is 0.400. The van der Waals surface area contributed by atoms with Crippen molar-refractivity contribution in [3.8, 4) is 0 Å². The molecule has 7 heteroatoms. The molecule has 1 rings (SSSR count). The van der Waals surface area contributed by atoms with Crippen LogP contribution in [0, 0.1) is 17.0 Å². The molecule has 0 radical (unpaired) electrons. The number of rotatable bonds is 5. The monoisotopic (exact) mass is 238 g/mol. The van der Waals surface area contributed by atoms with Crippen molar-refractivity contribution in [2.45, 2.75) is 13.3 Å². The zero-order valence-corrected chi connectivity index (χ0v) is 9.69. The van der Waals surface area contributed by atoms with Crippen LogP contribution in [0.4, 0.5) is 11.5 Å². The number of anilines is 1. The average molecular weight is 238 g/mol. The highest BCUT2D eigenvalue weighted by Gasteiger charge is 2.11. The maximum atomic E-state index is 11.0. The van der Waals surface area contributed by atoms with E-state index in [1.54, 1.807) is 14.0 Å². The normalized spacial score (nSPS) is 9.76. The molecule has 1 aromatic heterocycles. The van der Waals surface area contributed by atoms with Crippen molar-refractivity contribution in [2.24, 2.45) is 0 Å². The van der Waals surface area contributed by atoms with E-state index in [0.29, 0.717) is 24.5 Å². The summed E-state index contributed by atoms with van der Waals surface area (Å²) in [7, 11) is 1.57. The molecule has 0 fully saturated rings. The van der Waals surface area contributed by atoms with Gasteiger partial charge in [-0.3, -0.25) is 14.9 Å². The minimum atomic E-state index is -0.476. The Kier molecular flexibility index (Phi) is 4.38. The van der Waals surface area contributed by atoms with E-state index < -0.39 is 4.92 Å². The molecule has 92 valence electrons. The van der Waals surface area contributed by atoms with Crippen LogP contribution in [0.25, 0.3) is 0 Å². The Morgan fingerprint density at radius 3 is 2.76 bits per heavy atom. The Bertz CT molecular complexity index is 434. The molecule has 0 bridgehead atoms. The SMILES string of the molecule is CNC(=O)CCNc1ccc([N+](=O)[O-])c(C)n1. The summed E-state index contributed by atoms with van der Waals surface area (Å²) in [6.07, 6.45) is 0.328. The summed E-state index contributed by atoms with van der Waals surface area (Å²) in [4.78, 5) is 25.1. The van der Waals surface area contributed by atoms with Gasteiger partial charge in [0.1, 0.15) is 11.5 Å². The molecule has 0 aromatic carbocycles. The molecule has 0 saturated heterocycles. The van der Waals surface area contributed by atoms with Crippen LogP contribution in [-0.2, 0) is 4.79 Å². The number of amides is 1. The molecular weight excluding hydrogens is 224 g/mol. The molecule has 2 N–H and O–H groups in total. The predicted octanol–water partition coefficient (Wildman–Crippen LogP) is 0.846. The number of nitro groups is 1. The van der Waals surface area contributed by atoms with Gasteiger partial charge in [-0.1, -0.05) is 0 Å². The van der Waals surface area contributed by atoms with E-state index in [2.05, 4.69) is 15.6 Å². The quantitative estimate of drug-likeness (QED) is 0.585. The summed E-state index contributed by atoms with van der Waals surface area (Å²) in [5, 5.41) is 16.0. The smallest absolute Gasteiger partial charge is 0.290 e. The first-order valence-electron chi connectivity index (χ1n) is 5.11. The van der Waals surface area contributed by atoms with Crippen molar-refractivity contribution in [3.05, 3.63) is 27.9 Å². The Morgan fingerprint density at radius 2 is 2.24 bits per heavy atom. The number of carbonyl (C=O) groups excluding carboxylic acids is 1. The molecule has 1 aromatic rings. The van der Waals surface area contributed by atoms with Crippen molar-refractivity contribution in [3.63, 3.8) is 0 Å². The summed E-state index contributed by atoms with van der Waals surface area (Å²) < 4.78 is 0. The van der Waals surface area contributed by atoms with Crippen LogP contribution in [0.5, 0.6) is 0 Å². The molecule has 1 heterocycles. The second-order valence-electron chi connectivity index (χ2n) is 3.41. The van der Waals surface area contributed by atoms with Gasteiger partial charge in [-0.25, -0.2) is 4.98 Å². The molecule has 0 aliphatic rings. The summed E-state index contributed by atoms with van der Waals surface area (Å²) in [6, 6.07) is 2.92.